The van der Waals surface area contributed by atoms with Gasteiger partial charge in [-0.1, -0.05) is 43.1 Å². The number of ether oxygens (including phenoxy) is 1. The third-order valence-corrected chi connectivity index (χ3v) is 7.27. The first kappa shape index (κ1) is 29.7. The molecule has 0 saturated heterocycles. The van der Waals surface area contributed by atoms with Crippen LogP contribution in [0.4, 0.5) is 5.69 Å². The number of sulfonamides is 1. The number of anilines is 1. The topological polar surface area (TPSA) is 96.0 Å². The lowest BCUT2D eigenvalue weighted by molar-refractivity contribution is -0.140. The fraction of sp³-hybridized carbons (Fsp3) is 0.440. The zero-order valence-corrected chi connectivity index (χ0v) is 23.3. The van der Waals surface area contributed by atoms with Gasteiger partial charge >= 0.3 is 0 Å². The van der Waals surface area contributed by atoms with Gasteiger partial charge < -0.3 is 15.0 Å². The van der Waals surface area contributed by atoms with Crippen molar-refractivity contribution < 1.29 is 22.7 Å². The highest BCUT2D eigenvalue weighted by Crippen LogP contribution is 2.25. The van der Waals surface area contributed by atoms with Crippen LogP contribution in [0.3, 0.4) is 0 Å². The number of hydrogen-bond donors (Lipinski definition) is 1. The van der Waals surface area contributed by atoms with E-state index in [4.69, 9.17) is 27.9 Å². The summed E-state index contributed by atoms with van der Waals surface area (Å²) in [7, 11) is -3.82. The molecule has 0 aliphatic rings. The summed E-state index contributed by atoms with van der Waals surface area (Å²) in [4.78, 5) is 28.0. The number of hydrogen-bond acceptors (Lipinski definition) is 5. The first-order valence-corrected chi connectivity index (χ1v) is 14.3. The molecule has 11 heteroatoms. The molecule has 0 aliphatic carbocycles. The van der Waals surface area contributed by atoms with Gasteiger partial charge in [0.25, 0.3) is 0 Å². The first-order chi connectivity index (χ1) is 17.0. The summed E-state index contributed by atoms with van der Waals surface area (Å²) in [6.07, 6.45) is 2.11. The summed E-state index contributed by atoms with van der Waals surface area (Å²) < 4.78 is 31.8. The van der Waals surface area contributed by atoms with E-state index in [1.165, 1.54) is 4.90 Å². The number of nitrogens with zero attached hydrogens (tertiary/aromatic N) is 2. The van der Waals surface area contributed by atoms with Gasteiger partial charge in [-0.25, -0.2) is 8.42 Å². The van der Waals surface area contributed by atoms with Crippen LogP contribution >= 0.6 is 23.2 Å². The third kappa shape index (κ3) is 8.28. The first-order valence-electron chi connectivity index (χ1n) is 11.7. The van der Waals surface area contributed by atoms with Gasteiger partial charge in [-0.15, -0.1) is 0 Å². The Bertz CT molecular complexity index is 1140. The van der Waals surface area contributed by atoms with Crippen molar-refractivity contribution in [2.24, 2.45) is 0 Å². The van der Waals surface area contributed by atoms with Gasteiger partial charge in [0, 0.05) is 13.1 Å². The largest absolute Gasteiger partial charge is 0.494 e. The van der Waals surface area contributed by atoms with Gasteiger partial charge in [-0.05, 0) is 61.7 Å². The molecule has 0 fully saturated rings. The maximum atomic E-state index is 13.6. The summed E-state index contributed by atoms with van der Waals surface area (Å²) in [6, 6.07) is 10.6. The monoisotopic (exact) mass is 557 g/mol. The van der Waals surface area contributed by atoms with E-state index in [-0.39, 0.29) is 12.5 Å². The number of benzene rings is 2. The quantitative estimate of drug-likeness (QED) is 0.391. The van der Waals surface area contributed by atoms with Crippen LogP contribution < -0.4 is 14.4 Å². The Morgan fingerprint density at radius 3 is 2.22 bits per heavy atom. The zero-order valence-electron chi connectivity index (χ0n) is 21.0. The summed E-state index contributed by atoms with van der Waals surface area (Å²) in [5, 5.41) is 3.52. The average Bonchev–Trinajstić information content (AvgIpc) is 2.83. The number of carbonyl (C=O) groups is 2. The second-order valence-corrected chi connectivity index (χ2v) is 10.9. The minimum Gasteiger partial charge on any atom is -0.494 e. The van der Waals surface area contributed by atoms with Gasteiger partial charge in [0.2, 0.25) is 21.8 Å². The van der Waals surface area contributed by atoms with E-state index in [1.54, 1.807) is 49.4 Å². The Balaban J connectivity index is 2.42. The fourth-order valence-electron chi connectivity index (χ4n) is 3.61. The van der Waals surface area contributed by atoms with Gasteiger partial charge in [0.15, 0.2) is 0 Å². The molecule has 0 aromatic heterocycles. The SMILES string of the molecule is CCCNC(=O)C(CC)N(Cc1ccc(Cl)c(Cl)c1)C(=O)CN(c1ccc(OCC)cc1)S(C)(=O)=O. The van der Waals surface area contributed by atoms with Crippen molar-refractivity contribution in [3.63, 3.8) is 0 Å². The maximum Gasteiger partial charge on any atom is 0.244 e. The Kier molecular flexibility index (Phi) is 11.3. The van der Waals surface area contributed by atoms with Crippen LogP contribution in [-0.4, -0.2) is 57.1 Å². The molecule has 2 amide bonds. The molecule has 2 rings (SSSR count). The van der Waals surface area contributed by atoms with Gasteiger partial charge in [0.1, 0.15) is 18.3 Å². The van der Waals surface area contributed by atoms with Crippen LogP contribution in [-0.2, 0) is 26.2 Å². The van der Waals surface area contributed by atoms with Crippen molar-refractivity contribution >= 4 is 50.7 Å². The highest BCUT2D eigenvalue weighted by Gasteiger charge is 2.31. The fourth-order valence-corrected chi connectivity index (χ4v) is 4.78. The molecular weight excluding hydrogens is 525 g/mol. The summed E-state index contributed by atoms with van der Waals surface area (Å²) >= 11 is 12.2. The van der Waals surface area contributed by atoms with Crippen LogP contribution in [0.15, 0.2) is 42.5 Å². The van der Waals surface area contributed by atoms with Crippen LogP contribution in [0.1, 0.15) is 39.2 Å². The molecule has 0 radical (unpaired) electrons. The van der Waals surface area contributed by atoms with Crippen molar-refractivity contribution in [3.05, 3.63) is 58.1 Å². The lowest BCUT2D eigenvalue weighted by atomic mass is 10.1. The number of nitrogens with one attached hydrogen (secondary N) is 1. The molecule has 2 aromatic carbocycles. The molecule has 198 valence electrons. The van der Waals surface area contributed by atoms with Gasteiger partial charge in [-0.2, -0.15) is 0 Å². The molecular formula is C25H33Cl2N3O5S. The Morgan fingerprint density at radius 2 is 1.69 bits per heavy atom. The lowest BCUT2D eigenvalue weighted by Crippen LogP contribution is -2.52. The second kappa shape index (κ2) is 13.7. The molecule has 2 aromatic rings. The van der Waals surface area contributed by atoms with E-state index in [9.17, 15) is 18.0 Å². The molecule has 0 heterocycles. The molecule has 1 N–H and O–H groups in total. The predicted molar refractivity (Wildman–Crippen MR) is 144 cm³/mol. The Morgan fingerprint density at radius 1 is 1.03 bits per heavy atom. The molecule has 8 nitrogen and oxygen atoms in total. The number of rotatable bonds is 13. The lowest BCUT2D eigenvalue weighted by Gasteiger charge is -2.33. The highest BCUT2D eigenvalue weighted by molar-refractivity contribution is 7.92. The van der Waals surface area contributed by atoms with Crippen molar-refractivity contribution in [1.82, 2.24) is 10.2 Å². The number of amides is 2. The molecule has 1 atom stereocenters. The maximum absolute atomic E-state index is 13.6. The molecule has 0 spiro atoms. The van der Waals surface area contributed by atoms with Crippen molar-refractivity contribution in [3.8, 4) is 5.75 Å². The number of carbonyl (C=O) groups excluding carboxylic acids is 2. The van der Waals surface area contributed by atoms with Crippen LogP contribution in [0.2, 0.25) is 10.0 Å². The zero-order chi connectivity index (χ0) is 26.9. The standard InChI is InChI=1S/C25H33Cl2N3O5S/c1-5-14-28-25(32)23(6-2)29(16-18-8-13-21(26)22(27)15-18)24(31)17-30(36(4,33)34)19-9-11-20(12-10-19)35-7-3/h8-13,15,23H,5-7,14,16-17H2,1-4H3,(H,28,32). The van der Waals surface area contributed by atoms with Crippen LogP contribution in [0, 0.1) is 0 Å². The van der Waals surface area contributed by atoms with Gasteiger partial charge in [0.05, 0.1) is 28.6 Å². The summed E-state index contributed by atoms with van der Waals surface area (Å²) in [6.45, 7) is 6.08. The second-order valence-electron chi connectivity index (χ2n) is 8.18. The molecule has 1 unspecified atom stereocenters. The van der Waals surface area contributed by atoms with E-state index < -0.39 is 28.5 Å². The number of halogens is 2. The predicted octanol–water partition coefficient (Wildman–Crippen LogP) is 4.49. The molecule has 0 aliphatic heterocycles. The smallest absolute Gasteiger partial charge is 0.244 e. The van der Waals surface area contributed by atoms with Crippen molar-refractivity contribution in [2.45, 2.75) is 46.2 Å². The van der Waals surface area contributed by atoms with E-state index in [1.807, 2.05) is 13.8 Å². The highest BCUT2D eigenvalue weighted by atomic mass is 35.5. The van der Waals surface area contributed by atoms with E-state index in [0.29, 0.717) is 46.6 Å². The van der Waals surface area contributed by atoms with Crippen LogP contribution in [0.25, 0.3) is 0 Å². The third-order valence-electron chi connectivity index (χ3n) is 5.39. The van der Waals surface area contributed by atoms with Crippen LogP contribution in [0.5, 0.6) is 5.75 Å². The molecule has 36 heavy (non-hydrogen) atoms. The summed E-state index contributed by atoms with van der Waals surface area (Å²) in [5.41, 5.74) is 0.971. The molecule has 0 saturated carbocycles. The minimum absolute atomic E-state index is 0.0503. The van der Waals surface area contributed by atoms with E-state index in [0.717, 1.165) is 17.0 Å². The Labute approximate surface area is 223 Å². The average molecular weight is 559 g/mol. The Hall–Kier alpha value is -2.49. The van der Waals surface area contributed by atoms with E-state index >= 15 is 0 Å². The molecule has 0 bridgehead atoms. The van der Waals surface area contributed by atoms with E-state index in [2.05, 4.69) is 5.32 Å². The minimum atomic E-state index is -3.82. The van der Waals surface area contributed by atoms with Gasteiger partial charge in [-0.3, -0.25) is 13.9 Å². The van der Waals surface area contributed by atoms with Crippen molar-refractivity contribution in [2.75, 3.05) is 30.3 Å². The normalized spacial score (nSPS) is 12.1. The summed E-state index contributed by atoms with van der Waals surface area (Å²) in [5.74, 6) is -0.250. The van der Waals surface area contributed by atoms with Crippen molar-refractivity contribution in [1.29, 1.82) is 0 Å².